The molecule has 2 atom stereocenters. The fraction of sp³-hybridized carbons (Fsp3) is 0.588. The van der Waals surface area contributed by atoms with Gasteiger partial charge in [0.05, 0.1) is 18.8 Å². The second-order valence-corrected chi connectivity index (χ2v) is 5.73. The smallest absolute Gasteiger partial charge is 0.238 e. The van der Waals surface area contributed by atoms with Crippen molar-refractivity contribution < 1.29 is 9.53 Å². The first-order valence-corrected chi connectivity index (χ1v) is 7.95. The number of carbonyl (C=O) groups excluding carboxylic acids is 1. The topological polar surface area (TPSA) is 50.4 Å². The lowest BCUT2D eigenvalue weighted by Crippen LogP contribution is -2.41. The molecular formula is C17H26N2O2. The fourth-order valence-corrected chi connectivity index (χ4v) is 2.89. The number of nitrogens with one attached hydrogen (secondary N) is 2. The average molecular weight is 290 g/mol. The predicted molar refractivity (Wildman–Crippen MR) is 85.7 cm³/mol. The lowest BCUT2D eigenvalue weighted by molar-refractivity contribution is -0.115. The molecule has 4 heteroatoms. The Morgan fingerprint density at radius 3 is 2.81 bits per heavy atom. The monoisotopic (exact) mass is 290 g/mol. The summed E-state index contributed by atoms with van der Waals surface area (Å²) in [4.78, 5) is 12.1. The quantitative estimate of drug-likeness (QED) is 0.846. The number of benzene rings is 1. The van der Waals surface area contributed by atoms with E-state index in [4.69, 9.17) is 4.74 Å². The van der Waals surface area contributed by atoms with Gasteiger partial charge in [-0.05, 0) is 37.8 Å². The highest BCUT2D eigenvalue weighted by Crippen LogP contribution is 2.24. The molecule has 2 rings (SSSR count). The molecule has 1 aromatic rings. The van der Waals surface area contributed by atoms with Crippen molar-refractivity contribution in [1.29, 1.82) is 0 Å². The molecule has 1 fully saturated rings. The number of ether oxygens (including phenoxy) is 1. The van der Waals surface area contributed by atoms with Crippen molar-refractivity contribution in [3.63, 3.8) is 0 Å². The normalized spacial score (nSPS) is 21.8. The summed E-state index contributed by atoms with van der Waals surface area (Å²) in [5.74, 6) is 1.36. The highest BCUT2D eigenvalue weighted by molar-refractivity contribution is 5.93. The summed E-state index contributed by atoms with van der Waals surface area (Å²) in [7, 11) is 0. The molecular weight excluding hydrogens is 264 g/mol. The molecule has 1 aliphatic carbocycles. The average Bonchev–Trinajstić information content (AvgIpc) is 2.49. The van der Waals surface area contributed by atoms with Gasteiger partial charge in [-0.3, -0.25) is 4.79 Å². The van der Waals surface area contributed by atoms with Gasteiger partial charge in [0.2, 0.25) is 5.91 Å². The second-order valence-electron chi connectivity index (χ2n) is 5.73. The highest BCUT2D eigenvalue weighted by atomic mass is 16.5. The van der Waals surface area contributed by atoms with E-state index in [1.54, 1.807) is 0 Å². The van der Waals surface area contributed by atoms with Crippen LogP contribution in [0.1, 0.15) is 39.5 Å². The Labute approximate surface area is 127 Å². The minimum atomic E-state index is -0.0140. The number of hydrogen-bond donors (Lipinski definition) is 2. The minimum Gasteiger partial charge on any atom is -0.492 e. The van der Waals surface area contributed by atoms with Crippen LogP contribution in [-0.4, -0.2) is 25.1 Å². The van der Waals surface area contributed by atoms with Crippen LogP contribution < -0.4 is 15.4 Å². The Morgan fingerprint density at radius 2 is 2.05 bits per heavy atom. The Kier molecular flexibility index (Phi) is 6.05. The largest absolute Gasteiger partial charge is 0.492 e. The van der Waals surface area contributed by atoms with Gasteiger partial charge in [-0.15, -0.1) is 0 Å². The maximum atomic E-state index is 12.1. The molecule has 1 saturated carbocycles. The van der Waals surface area contributed by atoms with E-state index in [1.165, 1.54) is 25.7 Å². The highest BCUT2D eigenvalue weighted by Gasteiger charge is 2.21. The zero-order valence-corrected chi connectivity index (χ0v) is 13.0. The van der Waals surface area contributed by atoms with Crippen molar-refractivity contribution in [3.05, 3.63) is 24.3 Å². The summed E-state index contributed by atoms with van der Waals surface area (Å²) < 4.78 is 5.51. The molecule has 1 aromatic carbocycles. The molecule has 0 aliphatic heterocycles. The molecule has 116 valence electrons. The van der Waals surface area contributed by atoms with E-state index in [9.17, 15) is 4.79 Å². The van der Waals surface area contributed by atoms with Crippen molar-refractivity contribution in [2.24, 2.45) is 5.92 Å². The third kappa shape index (κ3) is 4.74. The lowest BCUT2D eigenvalue weighted by atomic mass is 9.86. The van der Waals surface area contributed by atoms with Crippen molar-refractivity contribution in [1.82, 2.24) is 5.32 Å². The number of carbonyl (C=O) groups is 1. The first-order valence-electron chi connectivity index (χ1n) is 7.95. The lowest BCUT2D eigenvalue weighted by Gasteiger charge is -2.29. The summed E-state index contributed by atoms with van der Waals surface area (Å²) in [5, 5.41) is 6.31. The van der Waals surface area contributed by atoms with Crippen LogP contribution >= 0.6 is 0 Å². The van der Waals surface area contributed by atoms with Gasteiger partial charge in [-0.1, -0.05) is 31.9 Å². The van der Waals surface area contributed by atoms with Crippen LogP contribution in [0.4, 0.5) is 5.69 Å². The molecule has 0 aromatic heterocycles. The summed E-state index contributed by atoms with van der Waals surface area (Å²) in [6, 6.07) is 8.01. The number of hydrogen-bond acceptors (Lipinski definition) is 3. The molecule has 2 N–H and O–H groups in total. The van der Waals surface area contributed by atoms with Crippen LogP contribution in [0.25, 0.3) is 0 Å². The number of anilines is 1. The Morgan fingerprint density at radius 1 is 1.29 bits per heavy atom. The van der Waals surface area contributed by atoms with E-state index in [0.717, 1.165) is 11.4 Å². The van der Waals surface area contributed by atoms with Crippen molar-refractivity contribution in [2.75, 3.05) is 18.5 Å². The Balaban J connectivity index is 1.84. The van der Waals surface area contributed by atoms with Crippen LogP contribution in [0.2, 0.25) is 0 Å². The second kappa shape index (κ2) is 8.03. The zero-order valence-electron chi connectivity index (χ0n) is 13.0. The van der Waals surface area contributed by atoms with Gasteiger partial charge < -0.3 is 15.4 Å². The number of amides is 1. The van der Waals surface area contributed by atoms with Crippen molar-refractivity contribution in [3.8, 4) is 5.75 Å². The predicted octanol–water partition coefficient (Wildman–Crippen LogP) is 3.19. The van der Waals surface area contributed by atoms with Crippen LogP contribution in [0, 0.1) is 5.92 Å². The molecule has 4 nitrogen and oxygen atoms in total. The summed E-state index contributed by atoms with van der Waals surface area (Å²) in [6.45, 7) is 5.14. The number of para-hydroxylation sites is 2. The van der Waals surface area contributed by atoms with Gasteiger partial charge >= 0.3 is 0 Å². The third-order valence-electron chi connectivity index (χ3n) is 4.10. The molecule has 0 radical (unpaired) electrons. The van der Waals surface area contributed by atoms with Gasteiger partial charge in [0.25, 0.3) is 0 Å². The summed E-state index contributed by atoms with van der Waals surface area (Å²) >= 11 is 0. The molecule has 1 aliphatic rings. The van der Waals surface area contributed by atoms with Crippen LogP contribution in [0.15, 0.2) is 24.3 Å². The molecule has 0 unspecified atom stereocenters. The van der Waals surface area contributed by atoms with Gasteiger partial charge in [-0.2, -0.15) is 0 Å². The SMILES string of the molecule is CCOc1ccccc1NC(=O)CN[C@H]1CCCC[C@H]1C. The van der Waals surface area contributed by atoms with Crippen molar-refractivity contribution >= 4 is 11.6 Å². The van der Waals surface area contributed by atoms with Crippen LogP contribution in [0.3, 0.4) is 0 Å². The molecule has 1 amide bonds. The maximum Gasteiger partial charge on any atom is 0.238 e. The third-order valence-corrected chi connectivity index (χ3v) is 4.10. The molecule has 0 heterocycles. The zero-order chi connectivity index (χ0) is 15.1. The van der Waals surface area contributed by atoms with Crippen LogP contribution in [-0.2, 0) is 4.79 Å². The van der Waals surface area contributed by atoms with E-state index < -0.39 is 0 Å². The van der Waals surface area contributed by atoms with Gasteiger partial charge in [0, 0.05) is 6.04 Å². The fourth-order valence-electron chi connectivity index (χ4n) is 2.89. The molecule has 0 spiro atoms. The minimum absolute atomic E-state index is 0.0140. The van der Waals surface area contributed by atoms with E-state index in [0.29, 0.717) is 25.1 Å². The summed E-state index contributed by atoms with van der Waals surface area (Å²) in [5.41, 5.74) is 0.739. The first kappa shape index (κ1) is 15.8. The van der Waals surface area contributed by atoms with Crippen LogP contribution in [0.5, 0.6) is 5.75 Å². The summed E-state index contributed by atoms with van der Waals surface area (Å²) in [6.07, 6.45) is 5.00. The maximum absolute atomic E-state index is 12.1. The standard InChI is InChI=1S/C17H26N2O2/c1-3-21-16-11-7-6-10-15(16)19-17(20)12-18-14-9-5-4-8-13(14)2/h6-7,10-11,13-14,18H,3-5,8-9,12H2,1-2H3,(H,19,20)/t13-,14+/m1/s1. The van der Waals surface area contributed by atoms with Gasteiger partial charge in [0.15, 0.2) is 0 Å². The van der Waals surface area contributed by atoms with E-state index >= 15 is 0 Å². The van der Waals surface area contributed by atoms with E-state index in [1.807, 2.05) is 31.2 Å². The Hall–Kier alpha value is -1.55. The van der Waals surface area contributed by atoms with Crippen molar-refractivity contribution in [2.45, 2.75) is 45.6 Å². The number of rotatable bonds is 6. The molecule has 0 bridgehead atoms. The Bertz CT molecular complexity index is 462. The van der Waals surface area contributed by atoms with E-state index in [2.05, 4.69) is 17.6 Å². The molecule has 21 heavy (non-hydrogen) atoms. The first-order chi connectivity index (χ1) is 10.2. The molecule has 0 saturated heterocycles. The van der Waals surface area contributed by atoms with E-state index in [-0.39, 0.29) is 5.91 Å². The van der Waals surface area contributed by atoms with Gasteiger partial charge in [-0.25, -0.2) is 0 Å². The van der Waals surface area contributed by atoms with Gasteiger partial charge in [0.1, 0.15) is 5.75 Å².